The van der Waals surface area contributed by atoms with Crippen LogP contribution in [0.3, 0.4) is 0 Å². The van der Waals surface area contributed by atoms with E-state index in [0.717, 1.165) is 0 Å². The number of amides is 2. The summed E-state index contributed by atoms with van der Waals surface area (Å²) in [5.41, 5.74) is 1.47. The van der Waals surface area contributed by atoms with Gasteiger partial charge in [0, 0.05) is 0 Å². The number of cyclic esters (lactones) is 1. The zero-order valence-electron chi connectivity index (χ0n) is 18.8. The highest BCUT2D eigenvalue weighted by molar-refractivity contribution is 7.81. The summed E-state index contributed by atoms with van der Waals surface area (Å²) in [6.07, 6.45) is -1.23. The smallest absolute Gasteiger partial charge is 0.339 e. The molecule has 1 unspecified atom stereocenters. The highest BCUT2D eigenvalue weighted by Crippen LogP contribution is 2.48. The maximum Gasteiger partial charge on any atom is 0.339 e. The van der Waals surface area contributed by atoms with Crippen LogP contribution in [0.2, 0.25) is 0 Å². The number of esters is 1. The first-order valence-corrected chi connectivity index (χ1v) is 11.2. The van der Waals surface area contributed by atoms with Crippen molar-refractivity contribution in [1.82, 2.24) is 0 Å². The number of carbonyl (C=O) groups is 3. The minimum atomic E-state index is -1.41. The van der Waals surface area contributed by atoms with Crippen LogP contribution in [0.5, 0.6) is 11.5 Å². The average molecular weight is 489 g/mol. The molecule has 8 nitrogen and oxygen atoms in total. The van der Waals surface area contributed by atoms with Crippen LogP contribution in [-0.2, 0) is 14.3 Å². The average Bonchev–Trinajstić information content (AvgIpc) is 3.20. The van der Waals surface area contributed by atoms with Crippen molar-refractivity contribution in [2.24, 2.45) is 5.92 Å². The quantitative estimate of drug-likeness (QED) is 0.306. The summed E-state index contributed by atoms with van der Waals surface area (Å²) < 4.78 is 16.6. The lowest BCUT2D eigenvalue weighted by Crippen LogP contribution is -2.61. The Morgan fingerprint density at radius 1 is 0.771 bits per heavy atom. The Morgan fingerprint density at radius 3 is 1.80 bits per heavy atom. The Hall–Kier alpha value is -4.24. The summed E-state index contributed by atoms with van der Waals surface area (Å²) in [5, 5.41) is 0.0100. The Labute approximate surface area is 206 Å². The van der Waals surface area contributed by atoms with Gasteiger partial charge in [-0.2, -0.15) is 0 Å². The van der Waals surface area contributed by atoms with Crippen LogP contribution in [-0.4, -0.2) is 37.1 Å². The molecule has 2 aliphatic heterocycles. The summed E-state index contributed by atoms with van der Waals surface area (Å²) in [5.74, 6) is -2.69. The zero-order chi connectivity index (χ0) is 24.7. The fourth-order valence-corrected chi connectivity index (χ4v) is 4.84. The molecule has 0 saturated carbocycles. The number of ether oxygens (including phenoxy) is 3. The molecule has 3 aromatic rings. The third kappa shape index (κ3) is 3.52. The van der Waals surface area contributed by atoms with Crippen LogP contribution >= 0.6 is 12.2 Å². The Morgan fingerprint density at radius 2 is 1.31 bits per heavy atom. The second kappa shape index (κ2) is 8.84. The van der Waals surface area contributed by atoms with Gasteiger partial charge in [-0.15, -0.1) is 0 Å². The molecule has 0 bridgehead atoms. The zero-order valence-corrected chi connectivity index (χ0v) is 19.7. The van der Waals surface area contributed by atoms with Crippen LogP contribution < -0.4 is 19.3 Å². The number of benzene rings is 3. The number of nitrogens with zero attached hydrogens (tertiary/aromatic N) is 2. The number of rotatable bonds is 5. The molecule has 0 spiro atoms. The van der Waals surface area contributed by atoms with Crippen LogP contribution in [0.25, 0.3) is 0 Å². The Bertz CT molecular complexity index is 1280. The van der Waals surface area contributed by atoms with Crippen LogP contribution in [0.15, 0.2) is 72.8 Å². The summed E-state index contributed by atoms with van der Waals surface area (Å²) in [6.45, 7) is 0. The van der Waals surface area contributed by atoms with Crippen molar-refractivity contribution in [2.75, 3.05) is 24.0 Å². The van der Waals surface area contributed by atoms with Gasteiger partial charge in [-0.05, 0) is 48.6 Å². The fourth-order valence-electron chi connectivity index (χ4n) is 4.44. The van der Waals surface area contributed by atoms with Crippen molar-refractivity contribution in [3.8, 4) is 11.5 Å². The number of carbonyl (C=O) groups excluding carboxylic acids is 3. The van der Waals surface area contributed by atoms with Crippen molar-refractivity contribution in [2.45, 2.75) is 6.10 Å². The van der Waals surface area contributed by atoms with Gasteiger partial charge in [0.25, 0.3) is 0 Å². The molecule has 1 atom stereocenters. The van der Waals surface area contributed by atoms with E-state index in [0.29, 0.717) is 17.1 Å². The second-order valence-electron chi connectivity index (χ2n) is 7.87. The first kappa shape index (κ1) is 22.5. The van der Waals surface area contributed by atoms with E-state index in [-0.39, 0.29) is 22.0 Å². The molecule has 1 saturated heterocycles. The number of anilines is 2. The van der Waals surface area contributed by atoms with Gasteiger partial charge in [0.05, 0.1) is 36.7 Å². The lowest BCUT2D eigenvalue weighted by Gasteiger charge is -2.40. The molecular weight excluding hydrogens is 468 g/mol. The first-order chi connectivity index (χ1) is 17.0. The Balaban J connectivity index is 1.69. The molecule has 0 radical (unpaired) electrons. The standard InChI is InChI=1S/C26H20N2O6S/c1-32-18-14-13-17-19(21(18)33-2)22(34-25(17)31)20-23(29)27(15-9-5-3-6-10-15)26(35)28(24(20)30)16-11-7-4-8-12-16/h3-14,20,22H,1-2H3. The summed E-state index contributed by atoms with van der Waals surface area (Å²) in [7, 11) is 2.88. The van der Waals surface area contributed by atoms with Crippen molar-refractivity contribution in [3.63, 3.8) is 0 Å². The van der Waals surface area contributed by atoms with Gasteiger partial charge in [0.15, 0.2) is 28.6 Å². The Kier molecular flexibility index (Phi) is 5.70. The first-order valence-electron chi connectivity index (χ1n) is 10.8. The van der Waals surface area contributed by atoms with Crippen LogP contribution in [0.4, 0.5) is 11.4 Å². The number of hydrogen-bond donors (Lipinski definition) is 0. The summed E-state index contributed by atoms with van der Waals surface area (Å²) >= 11 is 5.64. The number of para-hydroxylation sites is 2. The second-order valence-corrected chi connectivity index (χ2v) is 8.23. The highest BCUT2D eigenvalue weighted by atomic mass is 32.1. The molecule has 9 heteroatoms. The third-order valence-electron chi connectivity index (χ3n) is 6.01. The van der Waals surface area contributed by atoms with E-state index in [1.807, 2.05) is 12.1 Å². The van der Waals surface area contributed by atoms with Crippen LogP contribution in [0.1, 0.15) is 22.0 Å². The van der Waals surface area contributed by atoms with Gasteiger partial charge < -0.3 is 14.2 Å². The number of thiocarbonyl (C=S) groups is 1. The van der Waals surface area contributed by atoms with E-state index >= 15 is 0 Å². The molecule has 0 aliphatic carbocycles. The van der Waals surface area contributed by atoms with E-state index in [1.165, 1.54) is 30.1 Å². The van der Waals surface area contributed by atoms with E-state index in [9.17, 15) is 14.4 Å². The van der Waals surface area contributed by atoms with Gasteiger partial charge in [0.2, 0.25) is 11.8 Å². The molecule has 2 aliphatic rings. The van der Waals surface area contributed by atoms with Crippen molar-refractivity contribution >= 4 is 46.5 Å². The van der Waals surface area contributed by atoms with Gasteiger partial charge in [-0.25, -0.2) is 4.79 Å². The predicted molar refractivity (Wildman–Crippen MR) is 132 cm³/mol. The normalized spacial score (nSPS) is 17.9. The lowest BCUT2D eigenvalue weighted by molar-refractivity contribution is -0.136. The van der Waals surface area contributed by atoms with Crippen molar-refractivity contribution < 1.29 is 28.6 Å². The lowest BCUT2D eigenvalue weighted by atomic mass is 9.89. The highest BCUT2D eigenvalue weighted by Gasteiger charge is 2.54. The maximum atomic E-state index is 13.9. The van der Waals surface area contributed by atoms with Gasteiger partial charge in [0.1, 0.15) is 0 Å². The molecule has 2 heterocycles. The summed E-state index contributed by atoms with van der Waals surface area (Å²) in [6, 6.07) is 20.7. The van der Waals surface area contributed by atoms with Gasteiger partial charge >= 0.3 is 5.97 Å². The third-order valence-corrected chi connectivity index (χ3v) is 6.37. The molecule has 0 aromatic heterocycles. The molecule has 5 rings (SSSR count). The monoisotopic (exact) mass is 488 g/mol. The minimum absolute atomic E-state index is 0.0100. The van der Waals surface area contributed by atoms with Crippen LogP contribution in [0, 0.1) is 5.92 Å². The SMILES string of the molecule is COc1ccc2c(c1OC)C(C1C(=O)N(c3ccccc3)C(=S)N(c3ccccc3)C1=O)OC2=O. The van der Waals surface area contributed by atoms with E-state index < -0.39 is 29.8 Å². The minimum Gasteiger partial charge on any atom is -0.493 e. The molecular formula is C26H20N2O6S. The maximum absolute atomic E-state index is 13.9. The van der Waals surface area contributed by atoms with Gasteiger partial charge in [-0.3, -0.25) is 19.4 Å². The number of methoxy groups -OCH3 is 2. The van der Waals surface area contributed by atoms with Crippen molar-refractivity contribution in [1.29, 1.82) is 0 Å². The topological polar surface area (TPSA) is 85.4 Å². The molecule has 2 amide bonds. The molecule has 0 N–H and O–H groups in total. The predicted octanol–water partition coefficient (Wildman–Crippen LogP) is 3.90. The number of hydrogen-bond acceptors (Lipinski definition) is 7. The van der Waals surface area contributed by atoms with E-state index in [2.05, 4.69) is 0 Å². The summed E-state index contributed by atoms with van der Waals surface area (Å²) in [4.78, 5) is 43.2. The molecule has 3 aromatic carbocycles. The molecule has 176 valence electrons. The molecule has 1 fully saturated rings. The van der Waals surface area contributed by atoms with Gasteiger partial charge in [-0.1, -0.05) is 36.4 Å². The largest absolute Gasteiger partial charge is 0.493 e. The van der Waals surface area contributed by atoms with Crippen molar-refractivity contribution in [3.05, 3.63) is 83.9 Å². The molecule has 35 heavy (non-hydrogen) atoms. The number of fused-ring (bicyclic) bond motifs is 1. The fraction of sp³-hybridized carbons (Fsp3) is 0.154. The van der Waals surface area contributed by atoms with E-state index in [4.69, 9.17) is 26.4 Å². The van der Waals surface area contributed by atoms with E-state index in [1.54, 1.807) is 54.6 Å².